The van der Waals surface area contributed by atoms with E-state index in [1.807, 2.05) is 31.2 Å². The summed E-state index contributed by atoms with van der Waals surface area (Å²) in [5.41, 5.74) is 2.02. The number of benzene rings is 1. The summed E-state index contributed by atoms with van der Waals surface area (Å²) >= 11 is 4.82. The van der Waals surface area contributed by atoms with Gasteiger partial charge < -0.3 is 0 Å². The van der Waals surface area contributed by atoms with Crippen molar-refractivity contribution in [2.45, 2.75) is 6.92 Å². The van der Waals surface area contributed by atoms with Crippen molar-refractivity contribution in [3.05, 3.63) is 39.4 Å². The highest BCUT2D eigenvalue weighted by atomic mass is 79.9. The SMILES string of the molecule is Cc1nc(C#N)sc1-c1ccc(Br)cc1. The lowest BCUT2D eigenvalue weighted by molar-refractivity contribution is 1.24. The number of hydrogen-bond donors (Lipinski definition) is 0. The molecule has 0 radical (unpaired) electrons. The highest BCUT2D eigenvalue weighted by Gasteiger charge is 2.08. The van der Waals surface area contributed by atoms with Crippen LogP contribution >= 0.6 is 27.3 Å². The topological polar surface area (TPSA) is 36.7 Å². The minimum atomic E-state index is 0.519. The lowest BCUT2D eigenvalue weighted by Crippen LogP contribution is -1.77. The molecule has 0 spiro atoms. The molecule has 0 fully saturated rings. The van der Waals surface area contributed by atoms with Gasteiger partial charge in [0, 0.05) is 4.47 Å². The van der Waals surface area contributed by atoms with Gasteiger partial charge in [-0.3, -0.25) is 0 Å². The molecule has 0 atom stereocenters. The third-order valence-corrected chi connectivity index (χ3v) is 3.64. The second-order valence-electron chi connectivity index (χ2n) is 3.05. The largest absolute Gasteiger partial charge is 0.231 e. The van der Waals surface area contributed by atoms with E-state index in [2.05, 4.69) is 27.0 Å². The molecular weight excluding hydrogens is 272 g/mol. The molecule has 0 amide bonds. The molecule has 2 nitrogen and oxygen atoms in total. The standard InChI is InChI=1S/C11H7BrN2S/c1-7-11(15-10(6-13)14-7)8-2-4-9(12)5-3-8/h2-5H,1H3. The van der Waals surface area contributed by atoms with Crippen LogP contribution in [0.15, 0.2) is 28.7 Å². The summed E-state index contributed by atoms with van der Waals surface area (Å²) in [5, 5.41) is 9.28. The second-order valence-corrected chi connectivity index (χ2v) is 4.97. The summed E-state index contributed by atoms with van der Waals surface area (Å²) in [5.74, 6) is 0. The second kappa shape index (κ2) is 4.13. The van der Waals surface area contributed by atoms with E-state index in [-0.39, 0.29) is 0 Å². The molecule has 2 rings (SSSR count). The van der Waals surface area contributed by atoms with Gasteiger partial charge in [-0.15, -0.1) is 11.3 Å². The first-order valence-corrected chi connectivity index (χ1v) is 5.95. The van der Waals surface area contributed by atoms with Gasteiger partial charge in [0.2, 0.25) is 0 Å². The fourth-order valence-corrected chi connectivity index (χ4v) is 2.45. The van der Waals surface area contributed by atoms with Crippen LogP contribution in [0.5, 0.6) is 0 Å². The quantitative estimate of drug-likeness (QED) is 0.797. The van der Waals surface area contributed by atoms with E-state index in [0.29, 0.717) is 5.01 Å². The predicted octanol–water partition coefficient (Wildman–Crippen LogP) is 3.75. The number of rotatable bonds is 1. The normalized spacial score (nSPS) is 9.93. The number of nitrogens with zero attached hydrogens (tertiary/aromatic N) is 2. The Morgan fingerprint density at radius 2 is 2.00 bits per heavy atom. The van der Waals surface area contributed by atoms with Crippen molar-refractivity contribution in [2.24, 2.45) is 0 Å². The van der Waals surface area contributed by atoms with Gasteiger partial charge in [-0.25, -0.2) is 4.98 Å². The van der Waals surface area contributed by atoms with Gasteiger partial charge in [0.15, 0.2) is 5.01 Å². The zero-order valence-electron chi connectivity index (χ0n) is 7.99. The first-order valence-electron chi connectivity index (χ1n) is 4.34. The Bertz CT molecular complexity index is 523. The Morgan fingerprint density at radius 3 is 2.53 bits per heavy atom. The molecule has 0 aliphatic carbocycles. The smallest absolute Gasteiger partial charge is 0.195 e. The molecule has 0 saturated heterocycles. The molecule has 15 heavy (non-hydrogen) atoms. The highest BCUT2D eigenvalue weighted by molar-refractivity contribution is 9.10. The Hall–Kier alpha value is -1.18. The Morgan fingerprint density at radius 1 is 1.33 bits per heavy atom. The van der Waals surface area contributed by atoms with Crippen LogP contribution in [-0.4, -0.2) is 4.98 Å². The molecule has 0 aliphatic heterocycles. The fourth-order valence-electron chi connectivity index (χ4n) is 1.31. The van der Waals surface area contributed by atoms with Gasteiger partial charge >= 0.3 is 0 Å². The third kappa shape index (κ3) is 2.09. The van der Waals surface area contributed by atoms with E-state index in [4.69, 9.17) is 5.26 Å². The summed E-state index contributed by atoms with van der Waals surface area (Å²) in [6, 6.07) is 10.1. The van der Waals surface area contributed by atoms with Crippen molar-refractivity contribution in [1.29, 1.82) is 5.26 Å². The maximum absolute atomic E-state index is 8.76. The maximum Gasteiger partial charge on any atom is 0.195 e. The number of hydrogen-bond acceptors (Lipinski definition) is 3. The molecule has 1 aromatic heterocycles. The van der Waals surface area contributed by atoms with Crippen molar-refractivity contribution in [1.82, 2.24) is 4.98 Å². The summed E-state index contributed by atoms with van der Waals surface area (Å²) < 4.78 is 1.05. The number of aryl methyl sites for hydroxylation is 1. The minimum Gasteiger partial charge on any atom is -0.231 e. The van der Waals surface area contributed by atoms with Gasteiger partial charge in [-0.05, 0) is 24.6 Å². The summed E-state index contributed by atoms with van der Waals surface area (Å²) in [7, 11) is 0. The maximum atomic E-state index is 8.76. The predicted molar refractivity (Wildman–Crippen MR) is 64.7 cm³/mol. The van der Waals surface area contributed by atoms with Crippen LogP contribution in [0.25, 0.3) is 10.4 Å². The van der Waals surface area contributed by atoms with E-state index < -0.39 is 0 Å². The lowest BCUT2D eigenvalue weighted by atomic mass is 10.2. The minimum absolute atomic E-state index is 0.519. The van der Waals surface area contributed by atoms with Crippen molar-refractivity contribution >= 4 is 27.3 Å². The van der Waals surface area contributed by atoms with Crippen molar-refractivity contribution in [3.8, 4) is 16.5 Å². The zero-order chi connectivity index (χ0) is 10.8. The van der Waals surface area contributed by atoms with Crippen LogP contribution in [0, 0.1) is 18.3 Å². The van der Waals surface area contributed by atoms with Crippen LogP contribution < -0.4 is 0 Å². The first-order chi connectivity index (χ1) is 7.20. The molecule has 1 heterocycles. The molecule has 0 N–H and O–H groups in total. The van der Waals surface area contributed by atoms with Gasteiger partial charge in [-0.2, -0.15) is 5.26 Å². The van der Waals surface area contributed by atoms with Gasteiger partial charge in [-0.1, -0.05) is 28.1 Å². The molecular formula is C11H7BrN2S. The molecule has 4 heteroatoms. The number of halogens is 1. The molecule has 1 aromatic carbocycles. The summed E-state index contributed by atoms with van der Waals surface area (Å²) in [6.45, 7) is 1.93. The average molecular weight is 279 g/mol. The Balaban J connectivity index is 2.50. The van der Waals surface area contributed by atoms with Crippen LogP contribution in [0.1, 0.15) is 10.7 Å². The average Bonchev–Trinajstić information content (AvgIpc) is 2.61. The van der Waals surface area contributed by atoms with Crippen LogP contribution in [0.4, 0.5) is 0 Å². The van der Waals surface area contributed by atoms with Gasteiger partial charge in [0.25, 0.3) is 0 Å². The number of thiazole rings is 1. The van der Waals surface area contributed by atoms with Crippen LogP contribution in [-0.2, 0) is 0 Å². The van der Waals surface area contributed by atoms with E-state index >= 15 is 0 Å². The van der Waals surface area contributed by atoms with Crippen molar-refractivity contribution in [3.63, 3.8) is 0 Å². The first kappa shape index (κ1) is 10.3. The summed E-state index contributed by atoms with van der Waals surface area (Å²) in [6.07, 6.45) is 0. The molecule has 2 aromatic rings. The molecule has 74 valence electrons. The third-order valence-electron chi connectivity index (χ3n) is 2.00. The molecule has 0 bridgehead atoms. The van der Waals surface area contributed by atoms with E-state index in [9.17, 15) is 0 Å². The molecule has 0 aliphatic rings. The highest BCUT2D eigenvalue weighted by Crippen LogP contribution is 2.30. The van der Waals surface area contributed by atoms with E-state index in [0.717, 1.165) is 20.6 Å². The van der Waals surface area contributed by atoms with Gasteiger partial charge in [0.05, 0.1) is 10.6 Å². The zero-order valence-corrected chi connectivity index (χ0v) is 10.4. The van der Waals surface area contributed by atoms with Gasteiger partial charge in [0.1, 0.15) is 6.07 Å². The summed E-state index contributed by atoms with van der Waals surface area (Å²) in [4.78, 5) is 5.24. The van der Waals surface area contributed by atoms with Crippen LogP contribution in [0.2, 0.25) is 0 Å². The molecule has 0 unspecified atom stereocenters. The van der Waals surface area contributed by atoms with Crippen molar-refractivity contribution in [2.75, 3.05) is 0 Å². The molecule has 0 saturated carbocycles. The Labute approximate surface area is 100 Å². The monoisotopic (exact) mass is 278 g/mol. The van der Waals surface area contributed by atoms with Crippen molar-refractivity contribution < 1.29 is 0 Å². The lowest BCUT2D eigenvalue weighted by Gasteiger charge is -1.97. The number of aromatic nitrogens is 1. The van der Waals surface area contributed by atoms with Crippen LogP contribution in [0.3, 0.4) is 0 Å². The number of nitriles is 1. The van der Waals surface area contributed by atoms with E-state index in [1.165, 1.54) is 11.3 Å². The Kier molecular flexibility index (Phi) is 2.85. The van der Waals surface area contributed by atoms with E-state index in [1.54, 1.807) is 0 Å². The fraction of sp³-hybridized carbons (Fsp3) is 0.0909.